The van der Waals surface area contributed by atoms with Gasteiger partial charge in [0.05, 0.1) is 0 Å². The molecule has 5 heteroatoms. The Kier molecular flexibility index (Phi) is 5.42. The molecule has 0 saturated carbocycles. The molecule has 0 fully saturated rings. The maximum Gasteiger partial charge on any atom is 0.161 e. The molecular formula is C16H17ClFNO2. The fraction of sp³-hybridized carbons (Fsp3) is 0.250. The zero-order valence-corrected chi connectivity index (χ0v) is 12.3. The Bertz CT molecular complexity index is 589. The highest BCUT2D eigenvalue weighted by Crippen LogP contribution is 2.30. The van der Waals surface area contributed by atoms with E-state index in [1.807, 2.05) is 18.2 Å². The van der Waals surface area contributed by atoms with Crippen molar-refractivity contribution in [1.29, 1.82) is 0 Å². The van der Waals surface area contributed by atoms with Crippen LogP contribution in [-0.2, 0) is 13.1 Å². The Morgan fingerprint density at radius 3 is 2.24 bits per heavy atom. The lowest BCUT2D eigenvalue weighted by atomic mass is 10.1. The minimum atomic E-state index is -0.208. The van der Waals surface area contributed by atoms with E-state index in [-0.39, 0.29) is 18.2 Å². The van der Waals surface area contributed by atoms with Gasteiger partial charge in [0, 0.05) is 13.1 Å². The van der Waals surface area contributed by atoms with Gasteiger partial charge in [0.1, 0.15) is 19.0 Å². The second kappa shape index (κ2) is 7.29. The average molecular weight is 310 g/mol. The number of hydrogen-bond acceptors (Lipinski definition) is 3. The second-order valence-electron chi connectivity index (χ2n) is 4.71. The number of halogens is 2. The lowest BCUT2D eigenvalue weighted by Crippen LogP contribution is -2.16. The van der Waals surface area contributed by atoms with Gasteiger partial charge in [-0.1, -0.05) is 18.2 Å². The molecule has 0 saturated heterocycles. The van der Waals surface area contributed by atoms with E-state index in [1.165, 1.54) is 12.1 Å². The highest BCUT2D eigenvalue weighted by Gasteiger charge is 2.11. The number of benzene rings is 2. The number of hydrogen-bond donors (Lipinski definition) is 1. The van der Waals surface area contributed by atoms with Crippen molar-refractivity contribution < 1.29 is 13.9 Å². The summed E-state index contributed by atoms with van der Waals surface area (Å²) in [5.41, 5.74) is 2.19. The highest BCUT2D eigenvalue weighted by molar-refractivity contribution is 5.85. The Morgan fingerprint density at radius 1 is 0.857 bits per heavy atom. The van der Waals surface area contributed by atoms with E-state index in [4.69, 9.17) is 9.47 Å². The van der Waals surface area contributed by atoms with Gasteiger partial charge in [-0.15, -0.1) is 12.4 Å². The Hall–Kier alpha value is -1.78. The molecule has 0 spiro atoms. The molecule has 0 atom stereocenters. The molecule has 0 unspecified atom stereocenters. The summed E-state index contributed by atoms with van der Waals surface area (Å²) >= 11 is 0. The summed E-state index contributed by atoms with van der Waals surface area (Å²) in [5.74, 6) is 1.40. The maximum absolute atomic E-state index is 12.8. The summed E-state index contributed by atoms with van der Waals surface area (Å²) < 4.78 is 23.8. The molecule has 0 bridgehead atoms. The van der Waals surface area contributed by atoms with E-state index in [0.29, 0.717) is 19.8 Å². The molecule has 2 aromatic rings. The summed E-state index contributed by atoms with van der Waals surface area (Å²) in [4.78, 5) is 0. The minimum absolute atomic E-state index is 0. The summed E-state index contributed by atoms with van der Waals surface area (Å²) in [6.45, 7) is 2.64. The molecule has 0 aliphatic carbocycles. The third-order valence-electron chi connectivity index (χ3n) is 3.18. The molecule has 21 heavy (non-hydrogen) atoms. The van der Waals surface area contributed by atoms with Crippen LogP contribution in [0.4, 0.5) is 4.39 Å². The van der Waals surface area contributed by atoms with Gasteiger partial charge < -0.3 is 14.8 Å². The van der Waals surface area contributed by atoms with Gasteiger partial charge >= 0.3 is 0 Å². The smallest absolute Gasteiger partial charge is 0.161 e. The number of ether oxygens (including phenoxy) is 2. The molecule has 0 amide bonds. The van der Waals surface area contributed by atoms with Crippen LogP contribution < -0.4 is 14.8 Å². The van der Waals surface area contributed by atoms with E-state index >= 15 is 0 Å². The zero-order chi connectivity index (χ0) is 13.8. The van der Waals surface area contributed by atoms with Crippen molar-refractivity contribution in [2.75, 3.05) is 13.2 Å². The molecule has 1 heterocycles. The van der Waals surface area contributed by atoms with Gasteiger partial charge in [-0.25, -0.2) is 4.39 Å². The Labute approximate surface area is 129 Å². The third kappa shape index (κ3) is 4.09. The molecule has 0 aromatic heterocycles. The summed E-state index contributed by atoms with van der Waals surface area (Å²) in [7, 11) is 0. The van der Waals surface area contributed by atoms with E-state index in [2.05, 4.69) is 5.32 Å². The zero-order valence-electron chi connectivity index (χ0n) is 11.5. The first-order valence-corrected chi connectivity index (χ1v) is 6.65. The van der Waals surface area contributed by atoms with Gasteiger partial charge in [-0.05, 0) is 35.4 Å². The van der Waals surface area contributed by atoms with Crippen LogP contribution in [0.2, 0.25) is 0 Å². The van der Waals surface area contributed by atoms with Crippen molar-refractivity contribution in [3.8, 4) is 11.5 Å². The Morgan fingerprint density at radius 2 is 1.48 bits per heavy atom. The molecule has 0 radical (unpaired) electrons. The van der Waals surface area contributed by atoms with Crippen LogP contribution >= 0.6 is 12.4 Å². The normalized spacial score (nSPS) is 12.6. The van der Waals surface area contributed by atoms with Crippen LogP contribution in [0.15, 0.2) is 42.5 Å². The topological polar surface area (TPSA) is 30.5 Å². The van der Waals surface area contributed by atoms with Crippen molar-refractivity contribution in [3.05, 3.63) is 59.4 Å². The fourth-order valence-electron chi connectivity index (χ4n) is 2.15. The first-order valence-electron chi connectivity index (χ1n) is 6.65. The predicted octanol–water partition coefficient (Wildman–Crippen LogP) is 3.31. The van der Waals surface area contributed by atoms with Gasteiger partial charge in [-0.2, -0.15) is 0 Å². The molecule has 2 aromatic carbocycles. The van der Waals surface area contributed by atoms with Crippen LogP contribution in [0.5, 0.6) is 11.5 Å². The summed E-state index contributed by atoms with van der Waals surface area (Å²) in [6, 6.07) is 12.5. The number of nitrogens with one attached hydrogen (secondary N) is 1. The van der Waals surface area contributed by atoms with Crippen molar-refractivity contribution in [2.24, 2.45) is 0 Å². The van der Waals surface area contributed by atoms with E-state index in [0.717, 1.165) is 29.2 Å². The second-order valence-corrected chi connectivity index (χ2v) is 4.71. The van der Waals surface area contributed by atoms with Crippen molar-refractivity contribution in [1.82, 2.24) is 5.32 Å². The first-order chi connectivity index (χ1) is 9.81. The largest absolute Gasteiger partial charge is 0.486 e. The van der Waals surface area contributed by atoms with Gasteiger partial charge in [0.25, 0.3) is 0 Å². The van der Waals surface area contributed by atoms with Crippen molar-refractivity contribution in [2.45, 2.75) is 13.1 Å². The molecule has 3 rings (SSSR count). The average Bonchev–Trinajstić information content (AvgIpc) is 2.49. The molecule has 1 aliphatic heterocycles. The Balaban J connectivity index is 0.00000161. The highest BCUT2D eigenvalue weighted by atomic mass is 35.5. The van der Waals surface area contributed by atoms with Crippen LogP contribution in [0, 0.1) is 5.82 Å². The van der Waals surface area contributed by atoms with E-state index in [1.54, 1.807) is 12.1 Å². The predicted molar refractivity (Wildman–Crippen MR) is 81.6 cm³/mol. The molecule has 1 N–H and O–H groups in total. The molecule has 3 nitrogen and oxygen atoms in total. The lowest BCUT2D eigenvalue weighted by Gasteiger charge is -2.19. The SMILES string of the molecule is Cl.Fc1ccc(CNCc2ccc3c(c2)OCCO3)cc1. The quantitative estimate of drug-likeness (QED) is 0.940. The fourth-order valence-corrected chi connectivity index (χ4v) is 2.15. The number of fused-ring (bicyclic) bond motifs is 1. The van der Waals surface area contributed by atoms with Crippen LogP contribution in [-0.4, -0.2) is 13.2 Å². The van der Waals surface area contributed by atoms with Gasteiger partial charge in [0.15, 0.2) is 11.5 Å². The van der Waals surface area contributed by atoms with E-state index < -0.39 is 0 Å². The van der Waals surface area contributed by atoms with Crippen molar-refractivity contribution in [3.63, 3.8) is 0 Å². The summed E-state index contributed by atoms with van der Waals surface area (Å²) in [5, 5.41) is 3.33. The lowest BCUT2D eigenvalue weighted by molar-refractivity contribution is 0.171. The van der Waals surface area contributed by atoms with E-state index in [9.17, 15) is 4.39 Å². The minimum Gasteiger partial charge on any atom is -0.486 e. The van der Waals surface area contributed by atoms with Gasteiger partial charge in [0.2, 0.25) is 0 Å². The van der Waals surface area contributed by atoms with Crippen LogP contribution in [0.25, 0.3) is 0 Å². The molecular weight excluding hydrogens is 293 g/mol. The first kappa shape index (κ1) is 15.6. The maximum atomic E-state index is 12.8. The summed E-state index contributed by atoms with van der Waals surface area (Å²) in [6.07, 6.45) is 0. The van der Waals surface area contributed by atoms with Crippen LogP contribution in [0.1, 0.15) is 11.1 Å². The van der Waals surface area contributed by atoms with Gasteiger partial charge in [-0.3, -0.25) is 0 Å². The number of rotatable bonds is 4. The standard InChI is InChI=1S/C16H16FNO2.ClH/c17-14-4-1-12(2-5-14)10-18-11-13-3-6-15-16(9-13)20-8-7-19-15;/h1-6,9,18H,7-8,10-11H2;1H. The molecule has 1 aliphatic rings. The van der Waals surface area contributed by atoms with Crippen LogP contribution in [0.3, 0.4) is 0 Å². The monoisotopic (exact) mass is 309 g/mol. The molecule has 112 valence electrons. The van der Waals surface area contributed by atoms with Crippen molar-refractivity contribution >= 4 is 12.4 Å². The third-order valence-corrected chi connectivity index (χ3v) is 3.18.